The fraction of sp³-hybridized carbons (Fsp3) is 1.00. The largest absolute Gasteiger partial charge is 0.381 e. The molecule has 1 aliphatic rings. The fourth-order valence-corrected chi connectivity index (χ4v) is 3.16. The molecule has 0 spiro atoms. The van der Waals surface area contributed by atoms with Gasteiger partial charge in [-0.25, -0.2) is 0 Å². The summed E-state index contributed by atoms with van der Waals surface area (Å²) in [6.07, 6.45) is 11.8. The maximum atomic E-state index is 5.70. The average molecular weight is 461 g/mol. The van der Waals surface area contributed by atoms with E-state index in [1.165, 1.54) is 19.3 Å². The van der Waals surface area contributed by atoms with Crippen molar-refractivity contribution in [1.82, 2.24) is 16.0 Å². The van der Waals surface area contributed by atoms with E-state index in [0.29, 0.717) is 12.8 Å². The van der Waals surface area contributed by atoms with Crippen molar-refractivity contribution in [1.29, 1.82) is 0 Å². The number of epoxide rings is 1. The van der Waals surface area contributed by atoms with Crippen LogP contribution >= 0.6 is 0 Å². The minimum atomic E-state index is 0.485. The summed E-state index contributed by atoms with van der Waals surface area (Å²) in [6, 6.07) is 0. The van der Waals surface area contributed by atoms with Gasteiger partial charge in [0.1, 0.15) is 0 Å². The molecule has 8 heteroatoms. The van der Waals surface area contributed by atoms with E-state index < -0.39 is 0 Å². The molecule has 0 saturated carbocycles. The normalized spacial score (nSPS) is 15.5. The van der Waals surface area contributed by atoms with Crippen molar-refractivity contribution in [2.45, 2.75) is 70.3 Å². The van der Waals surface area contributed by atoms with Gasteiger partial charge in [0.2, 0.25) is 0 Å². The van der Waals surface area contributed by atoms with Crippen molar-refractivity contribution in [2.24, 2.45) is 5.73 Å². The molecule has 1 heterocycles. The van der Waals surface area contributed by atoms with Gasteiger partial charge in [-0.05, 0) is 96.9 Å². The Morgan fingerprint density at radius 3 is 1.59 bits per heavy atom. The Balaban J connectivity index is 1.58. The summed E-state index contributed by atoms with van der Waals surface area (Å²) in [5.41, 5.74) is 5.45. The van der Waals surface area contributed by atoms with Gasteiger partial charge in [0.05, 0.1) is 19.4 Å². The Labute approximate surface area is 197 Å². The number of hydrogen-bond acceptors (Lipinski definition) is 8. The Kier molecular flexibility index (Phi) is 23.5. The lowest BCUT2D eigenvalue weighted by molar-refractivity contribution is 0.109. The van der Waals surface area contributed by atoms with Crippen LogP contribution < -0.4 is 21.7 Å². The number of hydrogen-bond donors (Lipinski definition) is 4. The van der Waals surface area contributed by atoms with Crippen molar-refractivity contribution in [3.8, 4) is 0 Å². The molecule has 0 radical (unpaired) electrons. The first kappa shape index (κ1) is 29.7. The number of unbranched alkanes of at least 4 members (excludes halogenated alkanes) is 5. The van der Waals surface area contributed by atoms with Crippen LogP contribution in [0.4, 0.5) is 0 Å². The minimum Gasteiger partial charge on any atom is -0.381 e. The smallest absolute Gasteiger partial charge is 0.0965 e. The van der Waals surface area contributed by atoms with Crippen LogP contribution in [0.5, 0.6) is 0 Å². The molecule has 1 fully saturated rings. The Bertz CT molecular complexity index is 363. The SMILES string of the molecule is NCCCCOCCCCNCOCCCCNCCCCOCCCCNCC1CO1. The summed E-state index contributed by atoms with van der Waals surface area (Å²) >= 11 is 0. The van der Waals surface area contributed by atoms with Crippen LogP contribution in [0.3, 0.4) is 0 Å². The van der Waals surface area contributed by atoms with Crippen molar-refractivity contribution in [3.63, 3.8) is 0 Å². The molecule has 0 aromatic carbocycles. The molecule has 1 saturated heterocycles. The standard InChI is InChI=1S/C24H52N4O4/c25-11-1-6-16-29-19-9-5-15-28-23-31-20-10-3-13-26-12-2-7-17-30-18-8-4-14-27-21-24-22-32-24/h24,26-28H,1-23,25H2. The molecular formula is C24H52N4O4. The summed E-state index contributed by atoms with van der Waals surface area (Å²) in [4.78, 5) is 0. The molecule has 0 amide bonds. The lowest BCUT2D eigenvalue weighted by Crippen LogP contribution is -2.21. The number of nitrogens with one attached hydrogen (secondary N) is 3. The van der Waals surface area contributed by atoms with E-state index in [9.17, 15) is 0 Å². The van der Waals surface area contributed by atoms with Crippen LogP contribution in [0.2, 0.25) is 0 Å². The third-order valence-corrected chi connectivity index (χ3v) is 5.29. The summed E-state index contributed by atoms with van der Waals surface area (Å²) < 4.78 is 22.0. The van der Waals surface area contributed by atoms with Gasteiger partial charge in [0.15, 0.2) is 0 Å². The summed E-state index contributed by atoms with van der Waals surface area (Å²) in [5, 5.41) is 10.2. The van der Waals surface area contributed by atoms with Crippen LogP contribution in [-0.2, 0) is 18.9 Å². The van der Waals surface area contributed by atoms with Crippen molar-refractivity contribution < 1.29 is 18.9 Å². The summed E-state index contributed by atoms with van der Waals surface area (Å²) in [5.74, 6) is 0. The van der Waals surface area contributed by atoms with Gasteiger partial charge in [-0.3, -0.25) is 5.32 Å². The molecule has 0 aliphatic carbocycles. The highest BCUT2D eigenvalue weighted by molar-refractivity contribution is 4.71. The van der Waals surface area contributed by atoms with Crippen molar-refractivity contribution >= 4 is 0 Å². The summed E-state index contributed by atoms with van der Waals surface area (Å²) in [7, 11) is 0. The minimum absolute atomic E-state index is 0.485. The highest BCUT2D eigenvalue weighted by Crippen LogP contribution is 2.06. The first-order valence-electron chi connectivity index (χ1n) is 13.1. The first-order valence-corrected chi connectivity index (χ1v) is 13.1. The second-order valence-electron chi connectivity index (χ2n) is 8.51. The lowest BCUT2D eigenvalue weighted by atomic mass is 10.3. The molecular weight excluding hydrogens is 408 g/mol. The van der Waals surface area contributed by atoms with Gasteiger partial charge < -0.3 is 35.3 Å². The van der Waals surface area contributed by atoms with E-state index in [-0.39, 0.29) is 0 Å². The molecule has 1 rings (SSSR count). The monoisotopic (exact) mass is 460 g/mol. The Morgan fingerprint density at radius 2 is 1.06 bits per heavy atom. The Morgan fingerprint density at radius 1 is 0.594 bits per heavy atom. The van der Waals surface area contributed by atoms with Crippen molar-refractivity contribution in [2.75, 3.05) is 85.6 Å². The van der Waals surface area contributed by atoms with E-state index in [1.54, 1.807) is 0 Å². The molecule has 1 aliphatic heterocycles. The van der Waals surface area contributed by atoms with E-state index in [0.717, 1.165) is 124 Å². The highest BCUT2D eigenvalue weighted by atomic mass is 16.6. The van der Waals surface area contributed by atoms with Crippen molar-refractivity contribution in [3.05, 3.63) is 0 Å². The van der Waals surface area contributed by atoms with Crippen LogP contribution in [0.1, 0.15) is 64.2 Å². The fourth-order valence-electron chi connectivity index (χ4n) is 3.16. The summed E-state index contributed by atoms with van der Waals surface area (Å²) in [6.45, 7) is 11.8. The predicted molar refractivity (Wildman–Crippen MR) is 131 cm³/mol. The molecule has 5 N–H and O–H groups in total. The zero-order chi connectivity index (χ0) is 22.8. The lowest BCUT2D eigenvalue weighted by Gasteiger charge is -2.08. The second-order valence-corrected chi connectivity index (χ2v) is 8.51. The predicted octanol–water partition coefficient (Wildman–Crippen LogP) is 2.02. The molecule has 0 aromatic heterocycles. The third-order valence-electron chi connectivity index (χ3n) is 5.29. The van der Waals surface area contributed by atoms with Crippen LogP contribution in [0.15, 0.2) is 0 Å². The first-order chi connectivity index (χ1) is 15.9. The second kappa shape index (κ2) is 25.3. The van der Waals surface area contributed by atoms with Gasteiger partial charge in [-0.2, -0.15) is 0 Å². The van der Waals surface area contributed by atoms with Crippen LogP contribution in [0.25, 0.3) is 0 Å². The molecule has 0 bridgehead atoms. The molecule has 1 unspecified atom stereocenters. The number of nitrogens with two attached hydrogens (primary N) is 1. The topological polar surface area (TPSA) is 102 Å². The zero-order valence-electron chi connectivity index (χ0n) is 20.6. The highest BCUT2D eigenvalue weighted by Gasteiger charge is 2.20. The molecule has 1 atom stereocenters. The van der Waals surface area contributed by atoms with Gasteiger partial charge >= 0.3 is 0 Å². The van der Waals surface area contributed by atoms with E-state index >= 15 is 0 Å². The molecule has 8 nitrogen and oxygen atoms in total. The van der Waals surface area contributed by atoms with Gasteiger partial charge in [-0.15, -0.1) is 0 Å². The Hall–Kier alpha value is -0.320. The van der Waals surface area contributed by atoms with Gasteiger partial charge in [0.25, 0.3) is 0 Å². The molecule has 192 valence electrons. The number of ether oxygens (including phenoxy) is 4. The van der Waals surface area contributed by atoms with E-state index in [1.807, 2.05) is 0 Å². The molecule has 32 heavy (non-hydrogen) atoms. The maximum Gasteiger partial charge on any atom is 0.0965 e. The van der Waals surface area contributed by atoms with Gasteiger partial charge in [-0.1, -0.05) is 0 Å². The third kappa shape index (κ3) is 24.3. The van der Waals surface area contributed by atoms with E-state index in [2.05, 4.69) is 16.0 Å². The molecule has 0 aromatic rings. The zero-order valence-corrected chi connectivity index (χ0v) is 20.6. The average Bonchev–Trinajstić information content (AvgIpc) is 3.63. The van der Waals surface area contributed by atoms with Crippen LogP contribution in [0, 0.1) is 0 Å². The van der Waals surface area contributed by atoms with Gasteiger partial charge in [0, 0.05) is 39.6 Å². The quantitative estimate of drug-likeness (QED) is 0.0799. The maximum absolute atomic E-state index is 5.70. The number of rotatable bonds is 28. The van der Waals surface area contributed by atoms with E-state index in [4.69, 9.17) is 24.7 Å². The van der Waals surface area contributed by atoms with Crippen LogP contribution in [-0.4, -0.2) is 91.7 Å².